The smallest absolute Gasteiger partial charge is 0.162 e. The lowest BCUT2D eigenvalue weighted by Gasteiger charge is -2.44. The summed E-state index contributed by atoms with van der Waals surface area (Å²) in [7, 11) is 0. The van der Waals surface area contributed by atoms with E-state index in [0.29, 0.717) is 29.1 Å². The van der Waals surface area contributed by atoms with Crippen LogP contribution in [0.25, 0.3) is 11.3 Å². The highest BCUT2D eigenvalue weighted by Crippen LogP contribution is 2.36. The Morgan fingerprint density at radius 3 is 2.69 bits per heavy atom. The minimum atomic E-state index is -0.978. The number of aliphatic hydroxyl groups is 1. The lowest BCUT2D eigenvalue weighted by molar-refractivity contribution is 0.0797. The summed E-state index contributed by atoms with van der Waals surface area (Å²) >= 11 is 0. The van der Waals surface area contributed by atoms with E-state index in [2.05, 4.69) is 57.6 Å². The number of rotatable bonds is 7. The lowest BCUT2D eigenvalue weighted by Crippen LogP contribution is -2.48. The number of nitrogens with zero attached hydrogens (tertiary/aromatic N) is 6. The highest BCUT2D eigenvalue weighted by molar-refractivity contribution is 5.58. The van der Waals surface area contributed by atoms with Gasteiger partial charge in [0.05, 0.1) is 23.1 Å². The first-order valence-corrected chi connectivity index (χ1v) is 12.7. The molecule has 1 unspecified atom stereocenters. The normalized spacial score (nSPS) is 21.8. The van der Waals surface area contributed by atoms with Crippen LogP contribution in [-0.4, -0.2) is 59.7 Å². The van der Waals surface area contributed by atoms with Crippen molar-refractivity contribution in [3.63, 3.8) is 0 Å². The van der Waals surface area contributed by atoms with Crippen molar-refractivity contribution in [1.29, 1.82) is 5.41 Å². The largest absolute Gasteiger partial charge is 0.369 e. The van der Waals surface area contributed by atoms with Crippen LogP contribution in [-0.2, 0) is 0 Å². The molecule has 1 saturated heterocycles. The van der Waals surface area contributed by atoms with Crippen molar-refractivity contribution in [2.45, 2.75) is 50.8 Å². The van der Waals surface area contributed by atoms with E-state index in [-0.39, 0.29) is 0 Å². The van der Waals surface area contributed by atoms with Gasteiger partial charge in [-0.05, 0) is 76.0 Å². The van der Waals surface area contributed by atoms with Crippen LogP contribution in [0.15, 0.2) is 55.0 Å². The molecular formula is C27H32N8O. The molecule has 1 atom stereocenters. The van der Waals surface area contributed by atoms with Crippen LogP contribution in [0, 0.1) is 18.3 Å². The Morgan fingerprint density at radius 1 is 1.17 bits per heavy atom. The van der Waals surface area contributed by atoms with Crippen molar-refractivity contribution in [2.75, 3.05) is 18.4 Å². The van der Waals surface area contributed by atoms with Crippen LogP contribution in [0.5, 0.6) is 0 Å². The quantitative estimate of drug-likeness (QED) is 0.271. The molecule has 9 heteroatoms. The van der Waals surface area contributed by atoms with Gasteiger partial charge in [-0.3, -0.25) is 0 Å². The van der Waals surface area contributed by atoms with E-state index in [1.54, 1.807) is 23.1 Å². The SMILES string of the molecule is Cc1ccc(-n2nc(C3CCN(C4CC(C=N)C4)CC3)cc2NC(O)c2cnn3cccnc23)cc1. The first-order chi connectivity index (χ1) is 17.6. The zero-order valence-corrected chi connectivity index (χ0v) is 20.5. The minimum absolute atomic E-state index is 0.378. The second kappa shape index (κ2) is 9.48. The number of piperidine rings is 1. The number of likely N-dealkylation sites (tertiary alicyclic amines) is 1. The summed E-state index contributed by atoms with van der Waals surface area (Å²) in [6.45, 7) is 4.20. The van der Waals surface area contributed by atoms with Gasteiger partial charge in [0.2, 0.25) is 0 Å². The number of aliphatic hydroxyl groups excluding tert-OH is 1. The molecule has 186 valence electrons. The zero-order chi connectivity index (χ0) is 24.6. The third kappa shape index (κ3) is 4.29. The number of aromatic nitrogens is 5. The van der Waals surface area contributed by atoms with Crippen LogP contribution in [0.3, 0.4) is 0 Å². The summed E-state index contributed by atoms with van der Waals surface area (Å²) in [5, 5.41) is 31.2. The van der Waals surface area contributed by atoms with E-state index in [9.17, 15) is 5.11 Å². The van der Waals surface area contributed by atoms with Gasteiger partial charge in [-0.25, -0.2) is 14.2 Å². The van der Waals surface area contributed by atoms with Gasteiger partial charge in [-0.15, -0.1) is 0 Å². The van der Waals surface area contributed by atoms with Gasteiger partial charge < -0.3 is 20.7 Å². The van der Waals surface area contributed by atoms with Gasteiger partial charge in [-0.1, -0.05) is 17.7 Å². The monoisotopic (exact) mass is 484 g/mol. The fraction of sp³-hybridized carbons (Fsp3) is 0.407. The third-order valence-electron chi connectivity index (χ3n) is 7.74. The van der Waals surface area contributed by atoms with E-state index in [4.69, 9.17) is 10.5 Å². The Kier molecular flexibility index (Phi) is 6.02. The number of anilines is 1. The molecular weight excluding hydrogens is 452 g/mol. The van der Waals surface area contributed by atoms with Crippen molar-refractivity contribution in [3.8, 4) is 5.69 Å². The van der Waals surface area contributed by atoms with E-state index in [0.717, 1.165) is 56.0 Å². The molecule has 36 heavy (non-hydrogen) atoms. The summed E-state index contributed by atoms with van der Waals surface area (Å²) < 4.78 is 3.55. The lowest BCUT2D eigenvalue weighted by atomic mass is 9.79. The average molecular weight is 485 g/mol. The molecule has 2 aliphatic rings. The molecule has 6 rings (SSSR count). The van der Waals surface area contributed by atoms with Crippen LogP contribution in [0.1, 0.15) is 54.6 Å². The van der Waals surface area contributed by atoms with Gasteiger partial charge >= 0.3 is 0 Å². The van der Waals surface area contributed by atoms with Gasteiger partial charge in [-0.2, -0.15) is 10.2 Å². The van der Waals surface area contributed by atoms with E-state index < -0.39 is 6.23 Å². The van der Waals surface area contributed by atoms with E-state index in [1.807, 2.05) is 16.9 Å². The third-order valence-corrected chi connectivity index (χ3v) is 7.74. The first kappa shape index (κ1) is 22.9. The molecule has 3 aromatic heterocycles. The second-order valence-corrected chi connectivity index (χ2v) is 10.1. The molecule has 9 nitrogen and oxygen atoms in total. The zero-order valence-electron chi connectivity index (χ0n) is 20.5. The summed E-state index contributed by atoms with van der Waals surface area (Å²) in [6.07, 6.45) is 10.2. The van der Waals surface area contributed by atoms with Gasteiger partial charge in [0.1, 0.15) is 5.82 Å². The highest BCUT2D eigenvalue weighted by Gasteiger charge is 2.35. The van der Waals surface area contributed by atoms with Crippen molar-refractivity contribution in [1.82, 2.24) is 29.3 Å². The van der Waals surface area contributed by atoms with Crippen LogP contribution in [0.2, 0.25) is 0 Å². The second-order valence-electron chi connectivity index (χ2n) is 10.1. The molecule has 0 amide bonds. The molecule has 0 radical (unpaired) electrons. The van der Waals surface area contributed by atoms with E-state index >= 15 is 0 Å². The molecule has 1 saturated carbocycles. The predicted octanol–water partition coefficient (Wildman–Crippen LogP) is 3.93. The standard InChI is InChI=1S/C27H32N8O/c1-18-3-5-21(6-4-18)35-25(31-27(36)23-17-30-34-10-2-9-29-26(23)34)15-24(32-35)20-7-11-33(12-8-20)22-13-19(14-22)16-28/h2-6,9-10,15-17,19-20,22,27-28,31,36H,7-8,11-14H2,1H3. The molecule has 3 N–H and O–H groups in total. The number of aryl methyl sites for hydroxylation is 1. The highest BCUT2D eigenvalue weighted by atomic mass is 16.3. The first-order valence-electron chi connectivity index (χ1n) is 12.7. The number of benzene rings is 1. The number of hydrogen-bond donors (Lipinski definition) is 3. The summed E-state index contributed by atoms with van der Waals surface area (Å²) in [5.74, 6) is 1.59. The molecule has 1 aliphatic heterocycles. The molecule has 2 fully saturated rings. The fourth-order valence-corrected chi connectivity index (χ4v) is 5.47. The Labute approximate surface area is 210 Å². The van der Waals surface area contributed by atoms with Gasteiger partial charge in [0, 0.05) is 30.4 Å². The molecule has 4 aromatic rings. The molecule has 1 aromatic carbocycles. The molecule has 4 heterocycles. The average Bonchev–Trinajstić information content (AvgIpc) is 3.49. The summed E-state index contributed by atoms with van der Waals surface area (Å²) in [6, 6.07) is 12.8. The molecule has 0 bridgehead atoms. The number of nitrogens with one attached hydrogen (secondary N) is 2. The Bertz CT molecular complexity index is 1350. The summed E-state index contributed by atoms with van der Waals surface area (Å²) in [4.78, 5) is 6.97. The Hall–Kier alpha value is -3.56. The maximum Gasteiger partial charge on any atom is 0.162 e. The van der Waals surface area contributed by atoms with Crippen molar-refractivity contribution >= 4 is 17.7 Å². The van der Waals surface area contributed by atoms with Gasteiger partial charge in [0.15, 0.2) is 11.9 Å². The van der Waals surface area contributed by atoms with Crippen molar-refractivity contribution in [3.05, 3.63) is 71.8 Å². The number of fused-ring (bicyclic) bond motifs is 1. The predicted molar refractivity (Wildman–Crippen MR) is 139 cm³/mol. The fourth-order valence-electron chi connectivity index (χ4n) is 5.47. The molecule has 0 spiro atoms. The molecule has 1 aliphatic carbocycles. The van der Waals surface area contributed by atoms with Crippen LogP contribution in [0.4, 0.5) is 5.82 Å². The Balaban J connectivity index is 1.24. The minimum Gasteiger partial charge on any atom is -0.369 e. The van der Waals surface area contributed by atoms with Crippen molar-refractivity contribution < 1.29 is 5.11 Å². The van der Waals surface area contributed by atoms with Crippen molar-refractivity contribution in [2.24, 2.45) is 5.92 Å². The Morgan fingerprint density at radius 2 is 1.94 bits per heavy atom. The topological polar surface area (TPSA) is 107 Å². The van der Waals surface area contributed by atoms with E-state index in [1.165, 1.54) is 5.56 Å². The maximum absolute atomic E-state index is 11.1. The maximum atomic E-state index is 11.1. The summed E-state index contributed by atoms with van der Waals surface area (Å²) in [5.41, 5.74) is 4.42. The van der Waals surface area contributed by atoms with Crippen LogP contribution < -0.4 is 5.32 Å². The van der Waals surface area contributed by atoms with Gasteiger partial charge in [0.25, 0.3) is 0 Å². The van der Waals surface area contributed by atoms with Crippen LogP contribution >= 0.6 is 0 Å². The number of hydrogen-bond acceptors (Lipinski definition) is 7.